The Labute approximate surface area is 102 Å². The van der Waals surface area contributed by atoms with Gasteiger partial charge < -0.3 is 0 Å². The first kappa shape index (κ1) is 11.4. The van der Waals surface area contributed by atoms with Gasteiger partial charge in [-0.2, -0.15) is 5.26 Å². The SMILES string of the molecule is Cc1ccc(C)c(-c2ccc(C#N)c(C)c2)c1. The van der Waals surface area contributed by atoms with Crippen LogP contribution in [0.1, 0.15) is 22.3 Å². The van der Waals surface area contributed by atoms with E-state index in [4.69, 9.17) is 5.26 Å². The maximum atomic E-state index is 8.93. The van der Waals surface area contributed by atoms with Crippen molar-refractivity contribution in [1.29, 1.82) is 5.26 Å². The summed E-state index contributed by atoms with van der Waals surface area (Å²) in [6, 6.07) is 14.6. The van der Waals surface area contributed by atoms with Crippen LogP contribution in [0.25, 0.3) is 11.1 Å². The Morgan fingerprint density at radius 1 is 0.882 bits per heavy atom. The van der Waals surface area contributed by atoms with Crippen LogP contribution in [0.3, 0.4) is 0 Å². The Balaban J connectivity index is 2.58. The minimum Gasteiger partial charge on any atom is -0.192 e. The maximum absolute atomic E-state index is 8.93. The Morgan fingerprint density at radius 2 is 1.65 bits per heavy atom. The summed E-state index contributed by atoms with van der Waals surface area (Å²) >= 11 is 0. The summed E-state index contributed by atoms with van der Waals surface area (Å²) in [7, 11) is 0. The lowest BCUT2D eigenvalue weighted by atomic mass is 9.96. The maximum Gasteiger partial charge on any atom is 0.0994 e. The lowest BCUT2D eigenvalue weighted by molar-refractivity contribution is 1.36. The molecule has 0 spiro atoms. The summed E-state index contributed by atoms with van der Waals surface area (Å²) in [4.78, 5) is 0. The molecular formula is C16H15N. The molecular weight excluding hydrogens is 206 g/mol. The largest absolute Gasteiger partial charge is 0.192 e. The standard InChI is InChI=1S/C16H15N/c1-11-4-5-12(2)16(8-11)14-6-7-15(10-17)13(3)9-14/h4-9H,1-3H3. The van der Waals surface area contributed by atoms with Crippen molar-refractivity contribution in [3.05, 3.63) is 58.7 Å². The zero-order chi connectivity index (χ0) is 12.4. The molecule has 0 bridgehead atoms. The third kappa shape index (κ3) is 2.21. The number of hydrogen-bond acceptors (Lipinski definition) is 1. The normalized spacial score (nSPS) is 10.0. The molecule has 0 N–H and O–H groups in total. The van der Waals surface area contributed by atoms with Gasteiger partial charge in [0.05, 0.1) is 11.6 Å². The van der Waals surface area contributed by atoms with Gasteiger partial charge in [-0.25, -0.2) is 0 Å². The first-order valence-corrected chi connectivity index (χ1v) is 5.70. The predicted molar refractivity (Wildman–Crippen MR) is 70.8 cm³/mol. The molecule has 0 aromatic heterocycles. The number of rotatable bonds is 1. The van der Waals surface area contributed by atoms with Crippen LogP contribution in [0.4, 0.5) is 0 Å². The Kier molecular flexibility index (Phi) is 2.97. The van der Waals surface area contributed by atoms with E-state index in [-0.39, 0.29) is 0 Å². The summed E-state index contributed by atoms with van der Waals surface area (Å²) in [5.74, 6) is 0. The average Bonchev–Trinajstić information content (AvgIpc) is 2.32. The molecule has 0 atom stereocenters. The van der Waals surface area contributed by atoms with Crippen molar-refractivity contribution in [2.75, 3.05) is 0 Å². The molecule has 84 valence electrons. The van der Waals surface area contributed by atoms with Gasteiger partial charge in [0, 0.05) is 0 Å². The van der Waals surface area contributed by atoms with Crippen LogP contribution in [-0.2, 0) is 0 Å². The van der Waals surface area contributed by atoms with Crippen molar-refractivity contribution < 1.29 is 0 Å². The van der Waals surface area contributed by atoms with Crippen LogP contribution in [0.2, 0.25) is 0 Å². The van der Waals surface area contributed by atoms with Crippen molar-refractivity contribution in [3.63, 3.8) is 0 Å². The van der Waals surface area contributed by atoms with Crippen LogP contribution < -0.4 is 0 Å². The quantitative estimate of drug-likeness (QED) is 0.709. The molecule has 0 amide bonds. The fourth-order valence-electron chi connectivity index (χ4n) is 2.00. The van der Waals surface area contributed by atoms with E-state index in [1.54, 1.807) is 0 Å². The van der Waals surface area contributed by atoms with Gasteiger partial charge in [0.15, 0.2) is 0 Å². The zero-order valence-corrected chi connectivity index (χ0v) is 10.4. The van der Waals surface area contributed by atoms with Crippen molar-refractivity contribution in [3.8, 4) is 17.2 Å². The second kappa shape index (κ2) is 4.43. The smallest absolute Gasteiger partial charge is 0.0994 e. The van der Waals surface area contributed by atoms with Crippen molar-refractivity contribution in [2.24, 2.45) is 0 Å². The summed E-state index contributed by atoms with van der Waals surface area (Å²) in [6.07, 6.45) is 0. The number of nitrogens with zero attached hydrogens (tertiary/aromatic N) is 1. The van der Waals surface area contributed by atoms with Gasteiger partial charge in [0.1, 0.15) is 0 Å². The molecule has 1 nitrogen and oxygen atoms in total. The first-order chi connectivity index (χ1) is 8.11. The van der Waals surface area contributed by atoms with Gasteiger partial charge in [-0.15, -0.1) is 0 Å². The monoisotopic (exact) mass is 221 g/mol. The van der Waals surface area contributed by atoms with Gasteiger partial charge >= 0.3 is 0 Å². The minimum atomic E-state index is 0.749. The third-order valence-electron chi connectivity index (χ3n) is 3.05. The van der Waals surface area contributed by atoms with Crippen LogP contribution in [0.5, 0.6) is 0 Å². The molecule has 2 aromatic carbocycles. The molecule has 0 heterocycles. The Bertz CT molecular complexity index is 603. The highest BCUT2D eigenvalue weighted by molar-refractivity contribution is 5.69. The fraction of sp³-hybridized carbons (Fsp3) is 0.188. The molecule has 0 radical (unpaired) electrons. The minimum absolute atomic E-state index is 0.749. The van der Waals surface area contributed by atoms with E-state index in [2.05, 4.69) is 44.2 Å². The second-order valence-electron chi connectivity index (χ2n) is 4.46. The summed E-state index contributed by atoms with van der Waals surface area (Å²) < 4.78 is 0. The van der Waals surface area contributed by atoms with Gasteiger partial charge in [0.2, 0.25) is 0 Å². The highest BCUT2D eigenvalue weighted by atomic mass is 14.2. The van der Waals surface area contributed by atoms with Gasteiger partial charge in [0.25, 0.3) is 0 Å². The van der Waals surface area contributed by atoms with Gasteiger partial charge in [-0.05, 0) is 49.1 Å². The lowest BCUT2D eigenvalue weighted by Gasteiger charge is -2.09. The lowest BCUT2D eigenvalue weighted by Crippen LogP contribution is -1.88. The van der Waals surface area contributed by atoms with Crippen molar-refractivity contribution >= 4 is 0 Å². The fourth-order valence-corrected chi connectivity index (χ4v) is 2.00. The van der Waals surface area contributed by atoms with Crippen LogP contribution in [0, 0.1) is 32.1 Å². The third-order valence-corrected chi connectivity index (χ3v) is 3.05. The van der Waals surface area contributed by atoms with E-state index in [0.717, 1.165) is 11.1 Å². The Morgan fingerprint density at radius 3 is 2.29 bits per heavy atom. The molecule has 2 aromatic rings. The van der Waals surface area contributed by atoms with E-state index in [1.807, 2.05) is 19.1 Å². The molecule has 0 aliphatic carbocycles. The van der Waals surface area contributed by atoms with E-state index in [9.17, 15) is 0 Å². The summed E-state index contributed by atoms with van der Waals surface area (Å²) in [5.41, 5.74) is 6.73. The summed E-state index contributed by atoms with van der Waals surface area (Å²) in [5, 5.41) is 8.93. The molecule has 0 aliphatic rings. The highest BCUT2D eigenvalue weighted by Crippen LogP contribution is 2.26. The number of benzene rings is 2. The Hall–Kier alpha value is -2.07. The number of nitriles is 1. The van der Waals surface area contributed by atoms with Crippen molar-refractivity contribution in [1.82, 2.24) is 0 Å². The molecule has 0 saturated heterocycles. The second-order valence-corrected chi connectivity index (χ2v) is 4.46. The molecule has 0 aliphatic heterocycles. The molecule has 2 rings (SSSR count). The number of aryl methyl sites for hydroxylation is 3. The predicted octanol–water partition coefficient (Wildman–Crippen LogP) is 4.15. The van der Waals surface area contributed by atoms with Crippen LogP contribution >= 0.6 is 0 Å². The van der Waals surface area contributed by atoms with Crippen LogP contribution in [0.15, 0.2) is 36.4 Å². The van der Waals surface area contributed by atoms with Crippen molar-refractivity contribution in [2.45, 2.75) is 20.8 Å². The average molecular weight is 221 g/mol. The van der Waals surface area contributed by atoms with E-state index in [0.29, 0.717) is 0 Å². The van der Waals surface area contributed by atoms with Gasteiger partial charge in [-0.1, -0.05) is 35.9 Å². The van der Waals surface area contributed by atoms with E-state index < -0.39 is 0 Å². The van der Waals surface area contributed by atoms with E-state index in [1.165, 1.54) is 22.3 Å². The number of hydrogen-bond donors (Lipinski definition) is 0. The molecule has 0 saturated carbocycles. The molecule has 0 unspecified atom stereocenters. The molecule has 0 fully saturated rings. The topological polar surface area (TPSA) is 23.8 Å². The summed E-state index contributed by atoms with van der Waals surface area (Å²) in [6.45, 7) is 6.19. The van der Waals surface area contributed by atoms with Gasteiger partial charge in [-0.3, -0.25) is 0 Å². The van der Waals surface area contributed by atoms with E-state index >= 15 is 0 Å². The first-order valence-electron chi connectivity index (χ1n) is 5.70. The molecule has 17 heavy (non-hydrogen) atoms. The zero-order valence-electron chi connectivity index (χ0n) is 10.4. The highest BCUT2D eigenvalue weighted by Gasteiger charge is 2.04. The molecule has 1 heteroatoms. The van der Waals surface area contributed by atoms with Crippen LogP contribution in [-0.4, -0.2) is 0 Å².